The minimum absolute atomic E-state index is 0.00825. The van der Waals surface area contributed by atoms with E-state index in [1.54, 1.807) is 20.3 Å². The Morgan fingerprint density at radius 1 is 0.974 bits per heavy atom. The van der Waals surface area contributed by atoms with Crippen LogP contribution in [0.1, 0.15) is 46.8 Å². The van der Waals surface area contributed by atoms with E-state index in [0.29, 0.717) is 5.75 Å². The number of hydrogen-bond acceptors (Lipinski definition) is 5. The van der Waals surface area contributed by atoms with Gasteiger partial charge in [-0.2, -0.15) is 13.9 Å². The molecule has 2 aliphatic rings. The van der Waals surface area contributed by atoms with Crippen LogP contribution in [0.25, 0.3) is 6.08 Å². The molecule has 6 nitrogen and oxygen atoms in total. The quantitative estimate of drug-likeness (QED) is 0.348. The van der Waals surface area contributed by atoms with Crippen molar-refractivity contribution in [2.45, 2.75) is 31.9 Å². The first kappa shape index (κ1) is 25.4. The summed E-state index contributed by atoms with van der Waals surface area (Å²) < 4.78 is 40.7. The number of halogens is 2. The van der Waals surface area contributed by atoms with Crippen LogP contribution in [0.5, 0.6) is 17.2 Å². The predicted molar refractivity (Wildman–Crippen MR) is 141 cm³/mol. The summed E-state index contributed by atoms with van der Waals surface area (Å²) >= 11 is 0. The van der Waals surface area contributed by atoms with Crippen LogP contribution in [-0.4, -0.2) is 37.5 Å². The van der Waals surface area contributed by atoms with E-state index in [2.05, 4.69) is 10.8 Å². The van der Waals surface area contributed by atoms with Crippen LogP contribution < -0.4 is 14.2 Å². The van der Waals surface area contributed by atoms with E-state index in [1.807, 2.05) is 48.5 Å². The smallest absolute Gasteiger partial charge is 0.387 e. The Morgan fingerprint density at radius 3 is 2.32 bits per heavy atom. The number of hydrazone groups is 1. The maximum atomic E-state index is 13.8. The predicted octanol–water partition coefficient (Wildman–Crippen LogP) is 6.74. The molecule has 8 heteroatoms. The summed E-state index contributed by atoms with van der Waals surface area (Å²) in [6.07, 6.45) is 4.78. The molecule has 0 bridgehead atoms. The largest absolute Gasteiger partial charge is 0.497 e. The van der Waals surface area contributed by atoms with Gasteiger partial charge in [0.2, 0.25) is 0 Å². The first-order chi connectivity index (χ1) is 18.5. The summed E-state index contributed by atoms with van der Waals surface area (Å²) in [7, 11) is 3.24. The lowest BCUT2D eigenvalue weighted by Crippen LogP contribution is -2.32. The normalized spacial score (nSPS) is 19.8. The molecule has 0 radical (unpaired) electrons. The monoisotopic (exact) mass is 518 g/mol. The first-order valence-corrected chi connectivity index (χ1v) is 12.4. The van der Waals surface area contributed by atoms with Gasteiger partial charge in [-0.3, -0.25) is 4.79 Å². The summed E-state index contributed by atoms with van der Waals surface area (Å²) in [6.45, 7) is -2.98. The van der Waals surface area contributed by atoms with Crippen molar-refractivity contribution in [1.29, 1.82) is 0 Å². The number of ether oxygens (including phenoxy) is 3. The number of amides is 1. The molecule has 1 saturated carbocycles. The molecule has 2 atom stereocenters. The molecule has 1 aliphatic heterocycles. The van der Waals surface area contributed by atoms with E-state index in [4.69, 9.17) is 14.6 Å². The highest BCUT2D eigenvalue weighted by Crippen LogP contribution is 2.45. The fourth-order valence-electron chi connectivity index (χ4n) is 5.14. The van der Waals surface area contributed by atoms with Crippen molar-refractivity contribution in [1.82, 2.24) is 5.01 Å². The van der Waals surface area contributed by atoms with Gasteiger partial charge in [-0.1, -0.05) is 30.3 Å². The average Bonchev–Trinajstić information content (AvgIpc) is 3.33. The standard InChI is InChI=1S/C30H28F2N2O4/c1-36-23-13-9-19(10-14-23)17-21-5-4-8-26-27(21)33-34(28(26)20-11-15-24(37-2)16-12-20)29(35)22-6-3-7-25(18-22)38-30(31)32/h3,6-7,9-18,26,28,30H,4-5,8H2,1-2H3/b21-17-. The highest BCUT2D eigenvalue weighted by atomic mass is 19.3. The number of allylic oxidation sites excluding steroid dienone is 1. The van der Waals surface area contributed by atoms with Crippen LogP contribution in [0.15, 0.2) is 83.5 Å². The number of methoxy groups -OCH3 is 2. The average molecular weight is 519 g/mol. The molecule has 1 heterocycles. The van der Waals surface area contributed by atoms with Gasteiger partial charge in [-0.25, -0.2) is 5.01 Å². The van der Waals surface area contributed by atoms with Crippen LogP contribution in [0.3, 0.4) is 0 Å². The number of carbonyl (C=O) groups is 1. The zero-order valence-electron chi connectivity index (χ0n) is 21.1. The van der Waals surface area contributed by atoms with Crippen molar-refractivity contribution in [2.75, 3.05) is 14.2 Å². The van der Waals surface area contributed by atoms with Crippen molar-refractivity contribution in [3.8, 4) is 17.2 Å². The topological polar surface area (TPSA) is 60.4 Å². The van der Waals surface area contributed by atoms with Crippen LogP contribution >= 0.6 is 0 Å². The maximum Gasteiger partial charge on any atom is 0.387 e. The molecule has 0 aromatic heterocycles. The van der Waals surface area contributed by atoms with E-state index in [1.165, 1.54) is 23.2 Å². The number of benzene rings is 3. The summed E-state index contributed by atoms with van der Waals surface area (Å²) in [4.78, 5) is 13.8. The van der Waals surface area contributed by atoms with Gasteiger partial charge in [0.15, 0.2) is 0 Å². The van der Waals surface area contributed by atoms with Crippen molar-refractivity contribution >= 4 is 17.7 Å². The molecule has 2 unspecified atom stereocenters. The molecular weight excluding hydrogens is 490 g/mol. The van der Waals surface area contributed by atoms with E-state index >= 15 is 0 Å². The van der Waals surface area contributed by atoms with E-state index < -0.39 is 6.61 Å². The number of hydrogen-bond donors (Lipinski definition) is 0. The van der Waals surface area contributed by atoms with Gasteiger partial charge in [0.25, 0.3) is 5.91 Å². The summed E-state index contributed by atoms with van der Waals surface area (Å²) in [5.74, 6) is 1.03. The molecule has 196 valence electrons. The lowest BCUT2D eigenvalue weighted by molar-refractivity contribution is -0.0499. The summed E-state index contributed by atoms with van der Waals surface area (Å²) in [6, 6.07) is 20.9. The molecule has 0 spiro atoms. The van der Waals surface area contributed by atoms with Crippen LogP contribution in [0.2, 0.25) is 0 Å². The Labute approximate surface area is 220 Å². The van der Waals surface area contributed by atoms with Crippen LogP contribution in [0.4, 0.5) is 8.78 Å². The molecule has 3 aromatic carbocycles. The first-order valence-electron chi connectivity index (χ1n) is 12.4. The number of carbonyl (C=O) groups excluding carboxylic acids is 1. The molecule has 1 aliphatic carbocycles. The molecule has 0 N–H and O–H groups in total. The van der Waals surface area contributed by atoms with Crippen molar-refractivity contribution in [3.63, 3.8) is 0 Å². The second-order valence-corrected chi connectivity index (χ2v) is 9.20. The Hall–Kier alpha value is -4.20. The third kappa shape index (κ3) is 5.25. The minimum Gasteiger partial charge on any atom is -0.497 e. The van der Waals surface area contributed by atoms with E-state index in [-0.39, 0.29) is 29.2 Å². The van der Waals surface area contributed by atoms with E-state index in [0.717, 1.165) is 47.4 Å². The Morgan fingerprint density at radius 2 is 1.66 bits per heavy atom. The second kappa shape index (κ2) is 11.0. The van der Waals surface area contributed by atoms with E-state index in [9.17, 15) is 13.6 Å². The molecular formula is C30H28F2N2O4. The SMILES string of the molecule is COc1ccc(/C=C2/CCCC3C2=NN(C(=O)c2cccc(OC(F)F)c2)C3c2ccc(OC)cc2)cc1. The molecule has 5 rings (SSSR count). The van der Waals surface area contributed by atoms with Gasteiger partial charge in [0.05, 0.1) is 26.0 Å². The Balaban J connectivity index is 1.54. The fourth-order valence-corrected chi connectivity index (χ4v) is 5.14. The molecule has 38 heavy (non-hydrogen) atoms. The molecule has 0 saturated heterocycles. The fraction of sp³-hybridized carbons (Fsp3) is 0.267. The van der Waals surface area contributed by atoms with Gasteiger partial charge < -0.3 is 14.2 Å². The van der Waals surface area contributed by atoms with Crippen LogP contribution in [0, 0.1) is 5.92 Å². The minimum atomic E-state index is -2.98. The van der Waals surface area contributed by atoms with Gasteiger partial charge in [0, 0.05) is 11.5 Å². The van der Waals surface area contributed by atoms with Gasteiger partial charge >= 0.3 is 6.61 Å². The highest BCUT2D eigenvalue weighted by molar-refractivity contribution is 6.09. The zero-order valence-corrected chi connectivity index (χ0v) is 21.1. The lowest BCUT2D eigenvalue weighted by Gasteiger charge is -2.29. The van der Waals surface area contributed by atoms with Gasteiger partial charge in [-0.05, 0) is 84.5 Å². The molecule has 1 fully saturated rings. The van der Waals surface area contributed by atoms with Crippen molar-refractivity contribution < 1.29 is 27.8 Å². The Bertz CT molecular complexity index is 1350. The second-order valence-electron chi connectivity index (χ2n) is 9.20. The third-order valence-corrected chi connectivity index (χ3v) is 6.93. The van der Waals surface area contributed by atoms with Crippen LogP contribution in [-0.2, 0) is 0 Å². The maximum absolute atomic E-state index is 13.8. The summed E-state index contributed by atoms with van der Waals surface area (Å²) in [5, 5.41) is 6.37. The third-order valence-electron chi connectivity index (χ3n) is 6.93. The zero-order chi connectivity index (χ0) is 26.6. The number of alkyl halides is 2. The number of fused-ring (bicyclic) bond motifs is 1. The van der Waals surface area contributed by atoms with Gasteiger partial charge in [0.1, 0.15) is 17.2 Å². The molecule has 1 amide bonds. The summed E-state index contributed by atoms with van der Waals surface area (Å²) in [5.41, 5.74) is 4.13. The highest BCUT2D eigenvalue weighted by Gasteiger charge is 2.44. The van der Waals surface area contributed by atoms with Crippen molar-refractivity contribution in [2.24, 2.45) is 11.0 Å². The number of nitrogens with zero attached hydrogens (tertiary/aromatic N) is 2. The van der Waals surface area contributed by atoms with Crippen molar-refractivity contribution in [3.05, 3.63) is 95.1 Å². The lowest BCUT2D eigenvalue weighted by atomic mass is 9.77. The number of rotatable bonds is 7. The molecule has 3 aromatic rings. The van der Waals surface area contributed by atoms with Gasteiger partial charge in [-0.15, -0.1) is 0 Å². The Kier molecular flexibility index (Phi) is 7.40.